The molecular weight excluding hydrogens is 389 g/mol. The average molecular weight is 406 g/mol. The summed E-state index contributed by atoms with van der Waals surface area (Å²) >= 11 is 5.23. The number of nitrogens with zero attached hydrogens (tertiary/aromatic N) is 2. The van der Waals surface area contributed by atoms with Crippen molar-refractivity contribution in [2.24, 2.45) is 0 Å². The van der Waals surface area contributed by atoms with Gasteiger partial charge in [-0.25, -0.2) is 4.39 Å². The van der Waals surface area contributed by atoms with Crippen LogP contribution in [0.25, 0.3) is 0 Å². The Morgan fingerprint density at radius 3 is 2.64 bits per heavy atom. The van der Waals surface area contributed by atoms with E-state index in [0.717, 1.165) is 11.1 Å². The highest BCUT2D eigenvalue weighted by molar-refractivity contribution is 7.80. The number of benzene rings is 2. The third-order valence-electron chi connectivity index (χ3n) is 3.75. The van der Waals surface area contributed by atoms with E-state index in [4.69, 9.17) is 12.2 Å². The predicted octanol–water partition coefficient (Wildman–Crippen LogP) is 4.79. The summed E-state index contributed by atoms with van der Waals surface area (Å²) in [6.45, 7) is -0.700. The number of ether oxygens (including phenoxy) is 1. The van der Waals surface area contributed by atoms with Gasteiger partial charge in [-0.05, 0) is 54.5 Å². The van der Waals surface area contributed by atoms with Crippen LogP contribution < -0.4 is 15.4 Å². The highest BCUT2D eigenvalue weighted by Crippen LogP contribution is 2.27. The molecular formula is C19H17F3N4OS. The zero-order chi connectivity index (χ0) is 20.1. The van der Waals surface area contributed by atoms with E-state index in [1.54, 1.807) is 48.3 Å². The molecule has 0 aliphatic rings. The van der Waals surface area contributed by atoms with Crippen molar-refractivity contribution in [3.63, 3.8) is 0 Å². The summed E-state index contributed by atoms with van der Waals surface area (Å²) in [7, 11) is 0. The molecule has 0 aliphatic heterocycles. The van der Waals surface area contributed by atoms with Crippen LogP contribution in [0.3, 0.4) is 0 Å². The Morgan fingerprint density at radius 1 is 1.18 bits per heavy atom. The van der Waals surface area contributed by atoms with E-state index in [0.29, 0.717) is 17.9 Å². The van der Waals surface area contributed by atoms with Gasteiger partial charge in [0.1, 0.15) is 11.6 Å². The summed E-state index contributed by atoms with van der Waals surface area (Å²) < 4.78 is 44.3. The number of aryl methyl sites for hydroxylation is 1. The van der Waals surface area contributed by atoms with Crippen LogP contribution in [0.15, 0.2) is 54.9 Å². The van der Waals surface area contributed by atoms with Crippen LogP contribution >= 0.6 is 12.2 Å². The topological polar surface area (TPSA) is 51.1 Å². The minimum absolute atomic E-state index is 0.00570. The van der Waals surface area contributed by atoms with Crippen molar-refractivity contribution in [3.8, 4) is 5.75 Å². The Morgan fingerprint density at radius 2 is 1.93 bits per heavy atom. The van der Waals surface area contributed by atoms with Crippen LogP contribution in [0, 0.1) is 12.7 Å². The van der Waals surface area contributed by atoms with E-state index in [2.05, 4.69) is 20.5 Å². The van der Waals surface area contributed by atoms with E-state index in [9.17, 15) is 13.2 Å². The molecule has 0 unspecified atom stereocenters. The van der Waals surface area contributed by atoms with Crippen LogP contribution in [0.4, 0.5) is 24.5 Å². The first-order valence-electron chi connectivity index (χ1n) is 8.29. The normalized spacial score (nSPS) is 10.8. The number of alkyl halides is 2. The number of anilines is 2. The number of halogens is 3. The second-order valence-corrected chi connectivity index (χ2v) is 6.42. The Kier molecular flexibility index (Phi) is 6.15. The van der Waals surface area contributed by atoms with Crippen molar-refractivity contribution in [1.29, 1.82) is 0 Å². The highest BCUT2D eigenvalue weighted by Gasteiger charge is 2.11. The van der Waals surface area contributed by atoms with Gasteiger partial charge in [0, 0.05) is 6.20 Å². The maximum atomic E-state index is 13.0. The van der Waals surface area contributed by atoms with Crippen molar-refractivity contribution < 1.29 is 17.9 Å². The van der Waals surface area contributed by atoms with Crippen molar-refractivity contribution >= 4 is 28.7 Å². The maximum absolute atomic E-state index is 13.0. The smallest absolute Gasteiger partial charge is 0.387 e. The molecule has 0 amide bonds. The van der Waals surface area contributed by atoms with E-state index < -0.39 is 6.61 Å². The number of nitrogens with one attached hydrogen (secondary N) is 2. The van der Waals surface area contributed by atoms with E-state index >= 15 is 0 Å². The molecule has 146 valence electrons. The van der Waals surface area contributed by atoms with Crippen LogP contribution in [-0.2, 0) is 6.54 Å². The van der Waals surface area contributed by atoms with E-state index in [1.807, 2.05) is 0 Å². The van der Waals surface area contributed by atoms with E-state index in [-0.39, 0.29) is 16.7 Å². The summed E-state index contributed by atoms with van der Waals surface area (Å²) in [5, 5.41) is 10.2. The molecule has 28 heavy (non-hydrogen) atoms. The van der Waals surface area contributed by atoms with Gasteiger partial charge in [-0.2, -0.15) is 13.9 Å². The molecule has 1 aromatic heterocycles. The van der Waals surface area contributed by atoms with Crippen LogP contribution in [-0.4, -0.2) is 21.5 Å². The minimum atomic E-state index is -2.94. The van der Waals surface area contributed by atoms with Gasteiger partial charge < -0.3 is 15.4 Å². The summed E-state index contributed by atoms with van der Waals surface area (Å²) in [4.78, 5) is 0. The second-order valence-electron chi connectivity index (χ2n) is 6.01. The molecule has 0 saturated carbocycles. The van der Waals surface area contributed by atoms with Crippen molar-refractivity contribution in [3.05, 3.63) is 71.8 Å². The third-order valence-corrected chi connectivity index (χ3v) is 3.95. The molecule has 0 fully saturated rings. The lowest BCUT2D eigenvalue weighted by molar-refractivity contribution is -0.0493. The SMILES string of the molecule is Cc1ccc(NC(=S)Nc2cnn(Cc3ccc(F)cc3)c2)c(OC(F)F)c1. The quantitative estimate of drug-likeness (QED) is 0.577. The molecule has 0 aliphatic carbocycles. The minimum Gasteiger partial charge on any atom is -0.433 e. The summed E-state index contributed by atoms with van der Waals surface area (Å²) in [5.74, 6) is -0.291. The molecule has 2 aromatic carbocycles. The predicted molar refractivity (Wildman–Crippen MR) is 105 cm³/mol. The second kappa shape index (κ2) is 8.75. The molecule has 9 heteroatoms. The molecule has 2 N–H and O–H groups in total. The van der Waals surface area contributed by atoms with Gasteiger partial charge in [0.2, 0.25) is 0 Å². The molecule has 1 heterocycles. The molecule has 0 spiro atoms. The van der Waals surface area contributed by atoms with Gasteiger partial charge in [0.05, 0.1) is 24.1 Å². The van der Waals surface area contributed by atoms with Crippen LogP contribution in [0.2, 0.25) is 0 Å². The van der Waals surface area contributed by atoms with Crippen LogP contribution in [0.1, 0.15) is 11.1 Å². The molecule has 0 bridgehead atoms. The average Bonchev–Trinajstić information content (AvgIpc) is 3.05. The number of hydrogen-bond donors (Lipinski definition) is 2. The Labute approximate surface area is 165 Å². The molecule has 5 nitrogen and oxygen atoms in total. The summed E-state index contributed by atoms with van der Waals surface area (Å²) in [6, 6.07) is 11.0. The van der Waals surface area contributed by atoms with Gasteiger partial charge in [-0.1, -0.05) is 18.2 Å². The fourth-order valence-corrected chi connectivity index (χ4v) is 2.73. The number of rotatable bonds is 6. The molecule has 0 saturated heterocycles. The Hall–Kier alpha value is -3.07. The number of thiocarbonyl (C=S) groups is 1. The summed E-state index contributed by atoms with van der Waals surface area (Å²) in [5.41, 5.74) is 2.61. The zero-order valence-corrected chi connectivity index (χ0v) is 15.6. The van der Waals surface area contributed by atoms with Gasteiger partial charge in [-0.15, -0.1) is 0 Å². The fourth-order valence-electron chi connectivity index (χ4n) is 2.50. The van der Waals surface area contributed by atoms with Crippen LogP contribution in [0.5, 0.6) is 5.75 Å². The van der Waals surface area contributed by atoms with Gasteiger partial charge in [0.15, 0.2) is 5.11 Å². The monoisotopic (exact) mass is 406 g/mol. The molecule has 0 atom stereocenters. The Balaban J connectivity index is 1.63. The highest BCUT2D eigenvalue weighted by atomic mass is 32.1. The third kappa shape index (κ3) is 5.46. The lowest BCUT2D eigenvalue weighted by atomic mass is 10.2. The first-order valence-corrected chi connectivity index (χ1v) is 8.70. The largest absolute Gasteiger partial charge is 0.433 e. The maximum Gasteiger partial charge on any atom is 0.387 e. The standard InChI is InChI=1S/C19H17F3N4OS/c1-12-2-7-16(17(8-12)27-18(21)22)25-19(28)24-15-9-23-26(11-15)10-13-3-5-14(20)6-4-13/h2-9,11,18H,10H2,1H3,(H2,24,25,28). The van der Waals surface area contributed by atoms with Crippen molar-refractivity contribution in [2.45, 2.75) is 20.1 Å². The van der Waals surface area contributed by atoms with Gasteiger partial charge in [-0.3, -0.25) is 4.68 Å². The lowest BCUT2D eigenvalue weighted by Crippen LogP contribution is -2.19. The molecule has 3 rings (SSSR count). The number of hydrogen-bond acceptors (Lipinski definition) is 3. The van der Waals surface area contributed by atoms with Crippen molar-refractivity contribution in [1.82, 2.24) is 9.78 Å². The van der Waals surface area contributed by atoms with E-state index in [1.165, 1.54) is 18.2 Å². The number of aromatic nitrogens is 2. The zero-order valence-electron chi connectivity index (χ0n) is 14.8. The fraction of sp³-hybridized carbons (Fsp3) is 0.158. The lowest BCUT2D eigenvalue weighted by Gasteiger charge is -2.14. The molecule has 0 radical (unpaired) electrons. The molecule has 3 aromatic rings. The van der Waals surface area contributed by atoms with Crippen molar-refractivity contribution in [2.75, 3.05) is 10.6 Å². The van der Waals surface area contributed by atoms with Gasteiger partial charge >= 0.3 is 6.61 Å². The summed E-state index contributed by atoms with van der Waals surface area (Å²) in [6.07, 6.45) is 3.30. The van der Waals surface area contributed by atoms with Gasteiger partial charge in [0.25, 0.3) is 0 Å². The Bertz CT molecular complexity index is 960. The first kappa shape index (κ1) is 19.7. The first-order chi connectivity index (χ1) is 13.4.